The minimum absolute atomic E-state index is 0. The van der Waals surface area contributed by atoms with Crippen molar-refractivity contribution in [3.63, 3.8) is 0 Å². The van der Waals surface area contributed by atoms with Crippen LogP contribution in [0.1, 0.15) is 32.4 Å². The number of hydrogen-bond acceptors (Lipinski definition) is 5. The average Bonchev–Trinajstić information content (AvgIpc) is 2.70. The highest BCUT2D eigenvalue weighted by molar-refractivity contribution is 14.0. The van der Waals surface area contributed by atoms with Crippen LogP contribution in [0, 0.1) is 5.82 Å². The van der Waals surface area contributed by atoms with Crippen LogP contribution in [-0.4, -0.2) is 87.2 Å². The molecule has 1 atom stereocenters. The van der Waals surface area contributed by atoms with Crippen LogP contribution >= 0.6 is 24.0 Å². The molecule has 0 amide bonds. The lowest BCUT2D eigenvalue weighted by Gasteiger charge is -2.39. The van der Waals surface area contributed by atoms with Gasteiger partial charge in [-0.1, -0.05) is 12.1 Å². The summed E-state index contributed by atoms with van der Waals surface area (Å²) in [7, 11) is -3.13. The third-order valence-electron chi connectivity index (χ3n) is 5.81. The number of nitrogens with one attached hydrogen (secondary N) is 1. The van der Waals surface area contributed by atoms with Crippen molar-refractivity contribution in [1.82, 2.24) is 15.1 Å². The van der Waals surface area contributed by atoms with Crippen molar-refractivity contribution in [1.29, 1.82) is 0 Å². The fourth-order valence-corrected chi connectivity index (χ4v) is 5.32. The van der Waals surface area contributed by atoms with Gasteiger partial charge >= 0.3 is 0 Å². The van der Waals surface area contributed by atoms with Gasteiger partial charge in [-0.05, 0) is 38.5 Å². The number of ether oxygens (including phenoxy) is 1. The minimum Gasteiger partial charge on any atom is -0.379 e. The molecule has 10 heteroatoms. The highest BCUT2D eigenvalue weighted by Crippen LogP contribution is 2.25. The molecule has 7 nitrogen and oxygen atoms in total. The Labute approximate surface area is 202 Å². The number of benzene rings is 1. The number of nitrogens with zero attached hydrogens (tertiary/aromatic N) is 3. The first-order chi connectivity index (χ1) is 14.2. The maximum atomic E-state index is 13.9. The molecule has 2 heterocycles. The van der Waals surface area contributed by atoms with Gasteiger partial charge in [0.05, 0.1) is 36.3 Å². The van der Waals surface area contributed by atoms with Crippen molar-refractivity contribution < 1.29 is 17.5 Å². The number of sulfone groups is 1. The Morgan fingerprint density at radius 3 is 2.61 bits per heavy atom. The molecule has 31 heavy (non-hydrogen) atoms. The summed E-state index contributed by atoms with van der Waals surface area (Å²) >= 11 is 0. The summed E-state index contributed by atoms with van der Waals surface area (Å²) in [4.78, 5) is 9.16. The topological polar surface area (TPSA) is 74.2 Å². The van der Waals surface area contributed by atoms with Crippen molar-refractivity contribution >= 4 is 39.8 Å². The molecule has 1 unspecified atom stereocenters. The third kappa shape index (κ3) is 6.52. The molecule has 0 aromatic heterocycles. The highest BCUT2D eigenvalue weighted by atomic mass is 127. The normalized spacial score (nSPS) is 22.5. The van der Waals surface area contributed by atoms with E-state index in [0.29, 0.717) is 45.4 Å². The Bertz CT molecular complexity index is 860. The molecule has 1 aromatic carbocycles. The maximum Gasteiger partial charge on any atom is 0.194 e. The van der Waals surface area contributed by atoms with Gasteiger partial charge in [-0.3, -0.25) is 9.89 Å². The molecule has 1 aromatic rings. The molecular formula is C21H34FIN4O3S. The molecule has 0 bridgehead atoms. The van der Waals surface area contributed by atoms with Crippen LogP contribution in [0.5, 0.6) is 0 Å². The zero-order chi connectivity index (χ0) is 21.8. The quantitative estimate of drug-likeness (QED) is 0.334. The van der Waals surface area contributed by atoms with E-state index in [2.05, 4.69) is 10.2 Å². The zero-order valence-corrected chi connectivity index (χ0v) is 21.7. The van der Waals surface area contributed by atoms with E-state index in [1.807, 2.05) is 17.9 Å². The fourth-order valence-electron chi connectivity index (χ4n) is 3.96. The van der Waals surface area contributed by atoms with E-state index in [9.17, 15) is 12.8 Å². The van der Waals surface area contributed by atoms with E-state index < -0.39 is 14.6 Å². The van der Waals surface area contributed by atoms with E-state index in [4.69, 9.17) is 9.73 Å². The van der Waals surface area contributed by atoms with Crippen molar-refractivity contribution in [3.8, 4) is 0 Å². The van der Waals surface area contributed by atoms with Crippen LogP contribution in [0.2, 0.25) is 0 Å². The number of guanidine groups is 1. The van der Waals surface area contributed by atoms with Crippen molar-refractivity contribution in [3.05, 3.63) is 35.6 Å². The minimum atomic E-state index is -3.13. The van der Waals surface area contributed by atoms with Crippen LogP contribution in [0.3, 0.4) is 0 Å². The zero-order valence-electron chi connectivity index (χ0n) is 18.5. The molecule has 2 saturated heterocycles. The standard InChI is InChI=1S/C21H33FN4O3S.HI/c1-4-23-20(26-10-13-30(27,28)21(2,3)16-26)24-15-19(25-8-11-29-12-9-25)17-6-5-7-18(22)14-17;/h5-7,14,19H,4,8-13,15-16H2,1-3H3,(H,23,24);1H. The number of aliphatic imine (C=N–C) groups is 1. The van der Waals surface area contributed by atoms with Crippen LogP contribution < -0.4 is 5.32 Å². The Morgan fingerprint density at radius 1 is 1.29 bits per heavy atom. The van der Waals surface area contributed by atoms with Gasteiger partial charge in [0.2, 0.25) is 0 Å². The smallest absolute Gasteiger partial charge is 0.194 e. The molecule has 0 aliphatic carbocycles. The predicted octanol–water partition coefficient (Wildman–Crippen LogP) is 2.29. The van der Waals surface area contributed by atoms with Crippen molar-refractivity contribution in [2.45, 2.75) is 31.6 Å². The van der Waals surface area contributed by atoms with Gasteiger partial charge in [-0.15, -0.1) is 24.0 Å². The summed E-state index contributed by atoms with van der Waals surface area (Å²) in [5, 5.41) is 3.30. The summed E-state index contributed by atoms with van der Waals surface area (Å²) in [6, 6.07) is 6.61. The predicted molar refractivity (Wildman–Crippen MR) is 132 cm³/mol. The molecule has 2 aliphatic heterocycles. The second-order valence-electron chi connectivity index (χ2n) is 8.41. The van der Waals surface area contributed by atoms with Gasteiger partial charge in [-0.25, -0.2) is 12.8 Å². The first kappa shape index (κ1) is 26.3. The summed E-state index contributed by atoms with van der Waals surface area (Å²) < 4.78 is 43.3. The molecule has 176 valence electrons. The lowest BCUT2D eigenvalue weighted by molar-refractivity contribution is 0.0179. The van der Waals surface area contributed by atoms with Gasteiger partial charge < -0.3 is 15.0 Å². The van der Waals surface area contributed by atoms with Gasteiger partial charge in [0.25, 0.3) is 0 Å². The number of morpholine rings is 1. The SMILES string of the molecule is CCNC(=NCC(c1cccc(F)c1)N1CCOCC1)N1CCS(=O)(=O)C(C)(C)C1.I. The Balaban J connectivity index is 0.00000341. The van der Waals surface area contributed by atoms with Crippen molar-refractivity contribution in [2.24, 2.45) is 4.99 Å². The van der Waals surface area contributed by atoms with Crippen molar-refractivity contribution in [2.75, 3.05) is 58.2 Å². The third-order valence-corrected chi connectivity index (χ3v) is 8.34. The Morgan fingerprint density at radius 2 is 2.00 bits per heavy atom. The summed E-state index contributed by atoms with van der Waals surface area (Å²) in [6.07, 6.45) is 0. The molecule has 0 spiro atoms. The fraction of sp³-hybridized carbons (Fsp3) is 0.667. The maximum absolute atomic E-state index is 13.9. The van der Waals surface area contributed by atoms with Crippen LogP contribution in [0.25, 0.3) is 0 Å². The lowest BCUT2D eigenvalue weighted by atomic mass is 10.0. The first-order valence-electron chi connectivity index (χ1n) is 10.6. The number of halogens is 2. The highest BCUT2D eigenvalue weighted by Gasteiger charge is 2.41. The van der Waals surface area contributed by atoms with E-state index in [-0.39, 0.29) is 41.6 Å². The summed E-state index contributed by atoms with van der Waals surface area (Å²) in [6.45, 7) is 10.3. The second kappa shape index (κ2) is 11.2. The molecule has 2 aliphatic rings. The van der Waals surface area contributed by atoms with Gasteiger partial charge in [0.15, 0.2) is 15.8 Å². The largest absolute Gasteiger partial charge is 0.379 e. The molecule has 2 fully saturated rings. The van der Waals surface area contributed by atoms with E-state index in [1.54, 1.807) is 26.0 Å². The monoisotopic (exact) mass is 568 g/mol. The second-order valence-corrected chi connectivity index (χ2v) is 11.2. The lowest BCUT2D eigenvalue weighted by Crippen LogP contribution is -2.57. The van der Waals surface area contributed by atoms with Gasteiger partial charge in [-0.2, -0.15) is 0 Å². The Kier molecular flexibility index (Phi) is 9.53. The molecule has 0 radical (unpaired) electrons. The molecular weight excluding hydrogens is 534 g/mol. The summed E-state index contributed by atoms with van der Waals surface area (Å²) in [5.41, 5.74) is 0.887. The van der Waals surface area contributed by atoms with E-state index in [1.165, 1.54) is 6.07 Å². The van der Waals surface area contributed by atoms with Gasteiger partial charge in [0.1, 0.15) is 5.82 Å². The number of rotatable bonds is 5. The van der Waals surface area contributed by atoms with Crippen LogP contribution in [0.15, 0.2) is 29.3 Å². The molecule has 0 saturated carbocycles. The van der Waals surface area contributed by atoms with Gasteiger partial charge in [0, 0.05) is 32.7 Å². The van der Waals surface area contributed by atoms with E-state index >= 15 is 0 Å². The molecule has 3 rings (SSSR count). The Hall–Kier alpha value is -0.980. The number of hydrogen-bond donors (Lipinski definition) is 1. The van der Waals surface area contributed by atoms with E-state index in [0.717, 1.165) is 18.7 Å². The van der Waals surface area contributed by atoms with Crippen LogP contribution in [0.4, 0.5) is 4.39 Å². The first-order valence-corrected chi connectivity index (χ1v) is 12.2. The summed E-state index contributed by atoms with van der Waals surface area (Å²) in [5.74, 6) is 0.557. The average molecular weight is 568 g/mol. The molecule has 1 N–H and O–H groups in total. The van der Waals surface area contributed by atoms with Crippen LogP contribution in [-0.2, 0) is 14.6 Å².